The number of aliphatic carboxylic acids is 2. The van der Waals surface area contributed by atoms with Gasteiger partial charge in [0.1, 0.15) is 10.7 Å². The minimum atomic E-state index is -3.83. The van der Waals surface area contributed by atoms with Gasteiger partial charge in [0.05, 0.1) is 58.6 Å². The number of sulfone groups is 2. The Hall–Kier alpha value is -1.04. The van der Waals surface area contributed by atoms with Crippen molar-refractivity contribution in [1.82, 2.24) is 9.80 Å². The molecule has 17 heteroatoms. The molecule has 14 nitrogen and oxygen atoms in total. The zero-order chi connectivity index (χ0) is 26.3. The van der Waals surface area contributed by atoms with Gasteiger partial charge in [-0.1, -0.05) is 0 Å². The van der Waals surface area contributed by atoms with E-state index in [2.05, 4.69) is 0 Å². The molecule has 4 saturated heterocycles. The summed E-state index contributed by atoms with van der Waals surface area (Å²) in [6.45, 7) is 3.81. The number of carbonyl (C=O) groups excluding carboxylic acids is 4. The molecule has 4 aliphatic rings. The van der Waals surface area contributed by atoms with E-state index in [0.29, 0.717) is 0 Å². The second kappa shape index (κ2) is 9.06. The van der Waals surface area contributed by atoms with Crippen molar-refractivity contribution < 1.29 is 56.4 Å². The molecular formula is C18H24CaN2O12S2. The van der Waals surface area contributed by atoms with Crippen LogP contribution in [0.3, 0.4) is 0 Å². The van der Waals surface area contributed by atoms with Crippen LogP contribution in [0.25, 0.3) is 0 Å². The van der Waals surface area contributed by atoms with Crippen molar-refractivity contribution >= 4 is 81.2 Å². The van der Waals surface area contributed by atoms with E-state index < -0.39 is 101 Å². The van der Waals surface area contributed by atoms with Gasteiger partial charge in [0.15, 0.2) is 19.7 Å². The first kappa shape index (κ1) is 30.2. The number of hydrogen-bond acceptors (Lipinski definition) is 12. The van der Waals surface area contributed by atoms with Crippen LogP contribution < -0.4 is 10.2 Å². The van der Waals surface area contributed by atoms with Crippen LogP contribution in [0.15, 0.2) is 0 Å². The van der Waals surface area contributed by atoms with Gasteiger partial charge >= 0.3 is 37.7 Å². The van der Waals surface area contributed by atoms with Crippen molar-refractivity contribution in [2.24, 2.45) is 11.8 Å². The normalized spacial score (nSPS) is 36.4. The average molecular weight is 565 g/mol. The third kappa shape index (κ3) is 3.66. The number of carbonyl (C=O) groups is 4. The van der Waals surface area contributed by atoms with Crippen LogP contribution >= 0.6 is 0 Å². The summed E-state index contributed by atoms with van der Waals surface area (Å²) in [5, 5.41) is 37.4. The number of carboxylic acids is 2. The summed E-state index contributed by atoms with van der Waals surface area (Å²) in [5.41, 5.74) is 0. The molecule has 0 aromatic rings. The van der Waals surface area contributed by atoms with Crippen LogP contribution in [0.2, 0.25) is 0 Å². The minimum Gasteiger partial charge on any atom is -0.548 e. The number of nitrogens with zero attached hydrogens (tertiary/aromatic N) is 2. The first-order valence-corrected chi connectivity index (χ1v) is 13.2. The van der Waals surface area contributed by atoms with Gasteiger partial charge < -0.3 is 39.8 Å². The van der Waals surface area contributed by atoms with Crippen molar-refractivity contribution in [1.29, 1.82) is 0 Å². The summed E-state index contributed by atoms with van der Waals surface area (Å²) >= 11 is 0. The molecule has 0 aromatic carbocycles. The summed E-state index contributed by atoms with van der Waals surface area (Å²) in [4.78, 5) is 46.8. The molecule has 0 saturated carbocycles. The fourth-order valence-corrected chi connectivity index (χ4v) is 9.72. The minimum absolute atomic E-state index is 0. The standard InChI is InChI=1S/2C9H13NO6S.Ca/c2*1-9(2)5(8(13)14)10-6(12)4(3-11)7(10)17(9,15)16;/h2*4-5,7,11H,3H2,1-2H3,(H,13,14);/q;;+2/p-2/t2*4-,5+,7-;/m11./s1. The van der Waals surface area contributed by atoms with E-state index in [9.17, 15) is 46.2 Å². The number of aliphatic hydroxyl groups is 2. The third-order valence-corrected chi connectivity index (χ3v) is 13.0. The molecule has 35 heavy (non-hydrogen) atoms. The van der Waals surface area contributed by atoms with Crippen LogP contribution in [0.4, 0.5) is 0 Å². The first-order valence-electron chi connectivity index (χ1n) is 10.1. The smallest absolute Gasteiger partial charge is 0.548 e. The van der Waals surface area contributed by atoms with E-state index in [1.165, 1.54) is 27.7 Å². The number of rotatable bonds is 4. The maximum Gasteiger partial charge on any atom is 2.00 e. The maximum atomic E-state index is 12.1. The molecule has 192 valence electrons. The Morgan fingerprint density at radius 2 is 1.03 bits per heavy atom. The molecule has 0 radical (unpaired) electrons. The number of β-lactam (4-membered cyclic amide) rings is 2. The Balaban J connectivity index is 0.000000240. The Labute approximate surface area is 231 Å². The van der Waals surface area contributed by atoms with E-state index in [4.69, 9.17) is 10.2 Å². The zero-order valence-electron chi connectivity index (χ0n) is 19.3. The Kier molecular flexibility index (Phi) is 7.81. The summed E-state index contributed by atoms with van der Waals surface area (Å²) in [7, 11) is -7.66. The molecule has 4 rings (SSSR count). The molecule has 6 atom stereocenters. The van der Waals surface area contributed by atoms with Gasteiger partial charge in [0.2, 0.25) is 11.8 Å². The second-order valence-electron chi connectivity index (χ2n) is 9.59. The molecule has 0 aliphatic carbocycles. The van der Waals surface area contributed by atoms with Gasteiger partial charge in [-0.15, -0.1) is 0 Å². The van der Waals surface area contributed by atoms with Gasteiger partial charge in [-0.3, -0.25) is 9.59 Å². The SMILES string of the molecule is CC1(C)[C@H](C(=O)[O-])N2C(=O)[C@@H](CO)[C@H]2S1(=O)=O.CC1(C)[C@H](C(=O)[O-])N2C(=O)[C@@H](CO)[C@H]2S1(=O)=O.[Ca+2]. The summed E-state index contributed by atoms with van der Waals surface area (Å²) < 4.78 is 45.2. The number of fused-ring (bicyclic) bond motifs is 2. The number of amides is 2. The van der Waals surface area contributed by atoms with Gasteiger partial charge in [-0.25, -0.2) is 16.8 Å². The predicted octanol–water partition coefficient (Wildman–Crippen LogP) is -6.20. The summed E-state index contributed by atoms with van der Waals surface area (Å²) in [5.74, 6) is -6.59. The van der Waals surface area contributed by atoms with Crippen LogP contribution in [0.5, 0.6) is 0 Å². The molecule has 0 spiro atoms. The van der Waals surface area contributed by atoms with Crippen molar-refractivity contribution in [2.75, 3.05) is 13.2 Å². The van der Waals surface area contributed by atoms with Crippen LogP contribution in [-0.4, -0.2) is 144 Å². The Morgan fingerprint density at radius 3 is 1.23 bits per heavy atom. The predicted molar refractivity (Wildman–Crippen MR) is 112 cm³/mol. The molecule has 0 bridgehead atoms. The fraction of sp³-hybridized carbons (Fsp3) is 0.778. The molecule has 4 heterocycles. The monoisotopic (exact) mass is 564 g/mol. The van der Waals surface area contributed by atoms with Crippen LogP contribution in [-0.2, 0) is 38.9 Å². The van der Waals surface area contributed by atoms with E-state index in [0.717, 1.165) is 9.80 Å². The van der Waals surface area contributed by atoms with Crippen LogP contribution in [0, 0.1) is 11.8 Å². The van der Waals surface area contributed by atoms with Crippen molar-refractivity contribution in [3.8, 4) is 0 Å². The second-order valence-corrected chi connectivity index (χ2v) is 14.8. The number of carboxylic acid groups (broad SMARTS) is 2. The fourth-order valence-electron chi connectivity index (χ4n) is 5.12. The third-order valence-electron chi connectivity index (χ3n) is 7.20. The summed E-state index contributed by atoms with van der Waals surface area (Å²) in [6.07, 6.45) is 0. The van der Waals surface area contributed by atoms with E-state index in [1.807, 2.05) is 0 Å². The largest absolute Gasteiger partial charge is 2.00 e. The van der Waals surface area contributed by atoms with Gasteiger partial charge in [-0.2, -0.15) is 0 Å². The van der Waals surface area contributed by atoms with Gasteiger partial charge in [0, 0.05) is 0 Å². The average Bonchev–Trinajstić information content (AvgIpc) is 2.93. The van der Waals surface area contributed by atoms with Crippen molar-refractivity contribution in [2.45, 2.75) is 60.0 Å². The quantitative estimate of drug-likeness (QED) is 0.240. The maximum absolute atomic E-state index is 12.1. The molecule has 4 fully saturated rings. The molecule has 4 aliphatic heterocycles. The molecule has 2 amide bonds. The molecule has 0 unspecified atom stereocenters. The summed E-state index contributed by atoms with van der Waals surface area (Å²) in [6, 6.07) is -2.99. The van der Waals surface area contributed by atoms with E-state index in [-0.39, 0.29) is 37.7 Å². The van der Waals surface area contributed by atoms with Gasteiger partial charge in [-0.05, 0) is 27.7 Å². The number of hydrogen-bond donors (Lipinski definition) is 2. The Bertz CT molecular complexity index is 1090. The zero-order valence-corrected chi connectivity index (χ0v) is 23.1. The van der Waals surface area contributed by atoms with Crippen molar-refractivity contribution in [3.63, 3.8) is 0 Å². The molecule has 0 aromatic heterocycles. The molecule has 2 N–H and O–H groups in total. The molecular weight excluding hydrogens is 540 g/mol. The van der Waals surface area contributed by atoms with Crippen molar-refractivity contribution in [3.05, 3.63) is 0 Å². The topological polar surface area (TPSA) is 230 Å². The van der Waals surface area contributed by atoms with E-state index >= 15 is 0 Å². The van der Waals surface area contributed by atoms with Gasteiger partial charge in [0.25, 0.3) is 0 Å². The first-order chi connectivity index (χ1) is 15.3. The van der Waals surface area contributed by atoms with Crippen LogP contribution in [0.1, 0.15) is 27.7 Å². The number of aliphatic hydroxyl groups excluding tert-OH is 2. The van der Waals surface area contributed by atoms with E-state index in [1.54, 1.807) is 0 Å². The Morgan fingerprint density at radius 1 is 0.771 bits per heavy atom.